The molecule has 2 amide bonds. The quantitative estimate of drug-likeness (QED) is 0.418. The molecule has 0 saturated heterocycles. The average molecular weight is 499 g/mol. The second-order valence-electron chi connectivity index (χ2n) is 6.85. The lowest BCUT2D eigenvalue weighted by molar-refractivity contribution is -0.113. The summed E-state index contributed by atoms with van der Waals surface area (Å²) in [6.07, 6.45) is 0. The zero-order valence-corrected chi connectivity index (χ0v) is 19.7. The molecule has 0 heterocycles. The number of ether oxygens (including phenoxy) is 1. The number of thioether (sulfide) groups is 1. The fraction of sp³-hybridized carbons (Fsp3) is 0.167. The van der Waals surface area contributed by atoms with E-state index in [9.17, 15) is 9.59 Å². The van der Waals surface area contributed by atoms with E-state index in [0.29, 0.717) is 23.5 Å². The Morgan fingerprint density at radius 1 is 1.03 bits per heavy atom. The molecule has 5 nitrogen and oxygen atoms in total. The predicted octanol–water partition coefficient (Wildman–Crippen LogP) is 5.46. The van der Waals surface area contributed by atoms with Crippen LogP contribution in [0.25, 0.3) is 0 Å². The maximum atomic E-state index is 13.0. The van der Waals surface area contributed by atoms with Crippen molar-refractivity contribution in [3.63, 3.8) is 0 Å². The van der Waals surface area contributed by atoms with E-state index in [4.69, 9.17) is 4.74 Å². The minimum atomic E-state index is -0.149. The Balaban J connectivity index is 1.63. The second kappa shape index (κ2) is 11.0. The van der Waals surface area contributed by atoms with E-state index in [-0.39, 0.29) is 17.6 Å². The van der Waals surface area contributed by atoms with Crippen LogP contribution in [0.1, 0.15) is 15.9 Å². The minimum Gasteiger partial charge on any atom is -0.497 e. The molecule has 0 radical (unpaired) electrons. The van der Waals surface area contributed by atoms with Crippen molar-refractivity contribution in [2.45, 2.75) is 11.4 Å². The van der Waals surface area contributed by atoms with E-state index in [1.807, 2.05) is 54.6 Å². The number of hydrogen-bond acceptors (Lipinski definition) is 4. The van der Waals surface area contributed by atoms with E-state index in [0.717, 1.165) is 14.9 Å². The van der Waals surface area contributed by atoms with Gasteiger partial charge in [0.25, 0.3) is 5.91 Å². The fourth-order valence-corrected chi connectivity index (χ4v) is 4.06. The van der Waals surface area contributed by atoms with Crippen LogP contribution in [0.2, 0.25) is 0 Å². The van der Waals surface area contributed by atoms with Crippen LogP contribution < -0.4 is 10.1 Å². The van der Waals surface area contributed by atoms with Gasteiger partial charge in [-0.05, 0) is 42.0 Å². The van der Waals surface area contributed by atoms with E-state index >= 15 is 0 Å². The van der Waals surface area contributed by atoms with Crippen molar-refractivity contribution < 1.29 is 14.3 Å². The number of halogens is 1. The Morgan fingerprint density at radius 3 is 2.52 bits per heavy atom. The highest BCUT2D eigenvalue weighted by Gasteiger charge is 2.17. The van der Waals surface area contributed by atoms with Crippen molar-refractivity contribution in [3.8, 4) is 5.75 Å². The molecule has 0 spiro atoms. The number of benzene rings is 3. The van der Waals surface area contributed by atoms with Gasteiger partial charge in [-0.25, -0.2) is 0 Å². The second-order valence-corrected chi connectivity index (χ2v) is 8.79. The summed E-state index contributed by atoms with van der Waals surface area (Å²) in [5, 5.41) is 2.86. The largest absolute Gasteiger partial charge is 0.497 e. The van der Waals surface area contributed by atoms with Crippen LogP contribution in [0.3, 0.4) is 0 Å². The third-order valence-electron chi connectivity index (χ3n) is 4.51. The van der Waals surface area contributed by atoms with Gasteiger partial charge in [0.15, 0.2) is 0 Å². The molecule has 0 aliphatic rings. The highest BCUT2D eigenvalue weighted by molar-refractivity contribution is 9.10. The Labute approximate surface area is 194 Å². The predicted molar refractivity (Wildman–Crippen MR) is 129 cm³/mol. The zero-order chi connectivity index (χ0) is 22.2. The van der Waals surface area contributed by atoms with Crippen molar-refractivity contribution in [1.82, 2.24) is 4.90 Å². The summed E-state index contributed by atoms with van der Waals surface area (Å²) < 4.78 is 6.18. The lowest BCUT2D eigenvalue weighted by atomic mass is 10.1. The number of methoxy groups -OCH3 is 1. The Kier molecular flexibility index (Phi) is 8.14. The molecule has 0 aliphatic heterocycles. The van der Waals surface area contributed by atoms with Gasteiger partial charge in [-0.15, -0.1) is 11.8 Å². The third-order valence-corrected chi connectivity index (χ3v) is 6.11. The lowest BCUT2D eigenvalue weighted by Crippen LogP contribution is -2.26. The van der Waals surface area contributed by atoms with Gasteiger partial charge in [0, 0.05) is 34.7 Å². The van der Waals surface area contributed by atoms with Crippen molar-refractivity contribution in [2.24, 2.45) is 0 Å². The highest BCUT2D eigenvalue weighted by atomic mass is 79.9. The van der Waals surface area contributed by atoms with Gasteiger partial charge in [-0.1, -0.05) is 46.3 Å². The molecular formula is C24H23BrN2O3S. The van der Waals surface area contributed by atoms with E-state index < -0.39 is 0 Å². The lowest BCUT2D eigenvalue weighted by Gasteiger charge is -2.19. The molecule has 3 rings (SSSR count). The molecule has 3 aromatic carbocycles. The van der Waals surface area contributed by atoms with Crippen molar-refractivity contribution in [3.05, 3.63) is 88.4 Å². The van der Waals surface area contributed by atoms with Crippen molar-refractivity contribution >= 4 is 45.2 Å². The van der Waals surface area contributed by atoms with Crippen molar-refractivity contribution in [2.75, 3.05) is 25.2 Å². The number of rotatable bonds is 8. The molecule has 0 fully saturated rings. The molecule has 1 N–H and O–H groups in total. The van der Waals surface area contributed by atoms with Gasteiger partial charge in [-0.3, -0.25) is 9.59 Å². The average Bonchev–Trinajstić information content (AvgIpc) is 2.79. The smallest absolute Gasteiger partial charge is 0.255 e. The van der Waals surface area contributed by atoms with Gasteiger partial charge in [-0.2, -0.15) is 0 Å². The van der Waals surface area contributed by atoms with Crippen LogP contribution in [0.4, 0.5) is 5.69 Å². The van der Waals surface area contributed by atoms with Crippen LogP contribution in [0.15, 0.2) is 82.2 Å². The van der Waals surface area contributed by atoms with Gasteiger partial charge in [0.05, 0.1) is 18.4 Å². The molecule has 3 aromatic rings. The molecule has 160 valence electrons. The molecule has 0 saturated carbocycles. The third kappa shape index (κ3) is 6.60. The monoisotopic (exact) mass is 498 g/mol. The van der Waals surface area contributed by atoms with Gasteiger partial charge in [0.2, 0.25) is 5.91 Å². The first-order valence-corrected chi connectivity index (χ1v) is 11.4. The molecule has 0 atom stereocenters. The standard InChI is InChI=1S/C24H23BrN2O3S/c1-27(15-17-10-12-18(25)13-11-17)24(29)21-8-3-4-9-22(21)31-16-23(28)26-19-6-5-7-20(14-19)30-2/h3-14H,15-16H2,1-2H3,(H,26,28). The summed E-state index contributed by atoms with van der Waals surface area (Å²) in [7, 11) is 3.36. The summed E-state index contributed by atoms with van der Waals surface area (Å²) in [5.41, 5.74) is 2.30. The Hall–Kier alpha value is -2.77. The van der Waals surface area contributed by atoms with Crippen LogP contribution >= 0.6 is 27.7 Å². The van der Waals surface area contributed by atoms with Crippen LogP contribution in [-0.4, -0.2) is 36.6 Å². The SMILES string of the molecule is COc1cccc(NC(=O)CSc2ccccc2C(=O)N(C)Cc2ccc(Br)cc2)c1. The summed E-state index contributed by atoms with van der Waals surface area (Å²) in [6.45, 7) is 0.501. The van der Waals surface area contributed by atoms with Crippen molar-refractivity contribution in [1.29, 1.82) is 0 Å². The number of carbonyl (C=O) groups is 2. The number of amides is 2. The summed E-state index contributed by atoms with van der Waals surface area (Å²) in [5.74, 6) is 0.635. The molecule has 31 heavy (non-hydrogen) atoms. The first kappa shape index (κ1) is 22.9. The Morgan fingerprint density at radius 2 is 1.77 bits per heavy atom. The molecule has 0 bridgehead atoms. The first-order chi connectivity index (χ1) is 15.0. The van der Waals surface area contributed by atoms with Gasteiger partial charge in [0.1, 0.15) is 5.75 Å². The van der Waals surface area contributed by atoms with Crippen LogP contribution in [-0.2, 0) is 11.3 Å². The van der Waals surface area contributed by atoms with E-state index in [2.05, 4.69) is 21.2 Å². The maximum Gasteiger partial charge on any atom is 0.255 e. The molecule has 7 heteroatoms. The number of carbonyl (C=O) groups excluding carboxylic acids is 2. The maximum absolute atomic E-state index is 13.0. The fourth-order valence-electron chi connectivity index (χ4n) is 2.95. The van der Waals surface area contributed by atoms with Crippen LogP contribution in [0, 0.1) is 0 Å². The number of anilines is 1. The minimum absolute atomic E-state index is 0.0841. The van der Waals surface area contributed by atoms with E-state index in [1.54, 1.807) is 37.3 Å². The van der Waals surface area contributed by atoms with Gasteiger partial charge >= 0.3 is 0 Å². The number of hydrogen-bond donors (Lipinski definition) is 1. The topological polar surface area (TPSA) is 58.6 Å². The molecule has 0 unspecified atom stereocenters. The highest BCUT2D eigenvalue weighted by Crippen LogP contribution is 2.25. The van der Waals surface area contributed by atoms with Crippen LogP contribution in [0.5, 0.6) is 5.75 Å². The summed E-state index contributed by atoms with van der Waals surface area (Å²) >= 11 is 4.76. The molecular weight excluding hydrogens is 476 g/mol. The number of nitrogens with zero attached hydrogens (tertiary/aromatic N) is 1. The molecule has 0 aromatic heterocycles. The normalized spacial score (nSPS) is 10.4. The van der Waals surface area contributed by atoms with Gasteiger partial charge < -0.3 is 15.0 Å². The summed E-state index contributed by atoms with van der Waals surface area (Å²) in [4.78, 5) is 27.9. The Bertz CT molecular complexity index is 1060. The summed E-state index contributed by atoms with van der Waals surface area (Å²) in [6, 6.07) is 22.4. The zero-order valence-electron chi connectivity index (χ0n) is 17.3. The van der Waals surface area contributed by atoms with E-state index in [1.165, 1.54) is 11.8 Å². The molecule has 0 aliphatic carbocycles. The number of nitrogens with one attached hydrogen (secondary N) is 1. The first-order valence-electron chi connectivity index (χ1n) is 9.62.